The molecular formula is C23H19NO5. The average Bonchev–Trinajstić information content (AvgIpc) is 3.05. The Labute approximate surface area is 167 Å². The van der Waals surface area contributed by atoms with Gasteiger partial charge in [0.15, 0.2) is 5.75 Å². The Hall–Kier alpha value is -3.80. The second-order valence-electron chi connectivity index (χ2n) is 6.74. The number of ether oxygens (including phenoxy) is 2. The number of methoxy groups -OCH3 is 1. The summed E-state index contributed by atoms with van der Waals surface area (Å²) in [5.41, 5.74) is 10.4. The number of nitrogens with two attached hydrogens (primary N) is 1. The fourth-order valence-corrected chi connectivity index (χ4v) is 3.84. The van der Waals surface area contributed by atoms with E-state index in [1.54, 1.807) is 0 Å². The number of hydrogen-bond acceptors (Lipinski definition) is 5. The number of benzene rings is 3. The van der Waals surface area contributed by atoms with E-state index in [0.717, 1.165) is 22.3 Å². The van der Waals surface area contributed by atoms with Crippen LogP contribution in [0.2, 0.25) is 0 Å². The third-order valence-corrected chi connectivity index (χ3v) is 5.19. The molecule has 0 unspecified atom stereocenters. The van der Waals surface area contributed by atoms with Gasteiger partial charge in [0.05, 0.1) is 18.4 Å². The van der Waals surface area contributed by atoms with Crippen LogP contribution in [0, 0.1) is 0 Å². The van der Waals surface area contributed by atoms with Crippen LogP contribution in [0.25, 0.3) is 11.1 Å². The van der Waals surface area contributed by atoms with Gasteiger partial charge in [-0.2, -0.15) is 0 Å². The van der Waals surface area contributed by atoms with Crippen LogP contribution in [0.5, 0.6) is 5.75 Å². The van der Waals surface area contributed by atoms with Gasteiger partial charge in [0.1, 0.15) is 12.2 Å². The van der Waals surface area contributed by atoms with Crippen LogP contribution in [0.15, 0.2) is 60.7 Å². The second-order valence-corrected chi connectivity index (χ2v) is 6.74. The minimum absolute atomic E-state index is 0.0513. The van der Waals surface area contributed by atoms with Gasteiger partial charge in [0, 0.05) is 5.92 Å². The van der Waals surface area contributed by atoms with E-state index in [4.69, 9.17) is 15.2 Å². The Morgan fingerprint density at radius 1 is 0.931 bits per heavy atom. The number of aromatic carboxylic acids is 1. The standard InChI is InChI=1S/C23H19NO5/c1-28-21-18(22(25)26)11-10-17(20(21)24)23(27)29-12-19-15-8-4-2-6-13(15)14-7-3-5-9-16(14)19/h2-11,19H,12,24H2,1H3,(H,25,26). The lowest BCUT2D eigenvalue weighted by atomic mass is 9.98. The molecule has 0 bridgehead atoms. The highest BCUT2D eigenvalue weighted by atomic mass is 16.5. The summed E-state index contributed by atoms with van der Waals surface area (Å²) in [6.07, 6.45) is 0. The first-order chi connectivity index (χ1) is 14.0. The maximum absolute atomic E-state index is 12.7. The van der Waals surface area contributed by atoms with Crippen molar-refractivity contribution < 1.29 is 24.2 Å². The Kier molecular flexibility index (Phi) is 4.68. The minimum atomic E-state index is -1.19. The van der Waals surface area contributed by atoms with Gasteiger partial charge in [0.25, 0.3) is 0 Å². The molecule has 3 N–H and O–H groups in total. The number of esters is 1. The summed E-state index contributed by atoms with van der Waals surface area (Å²) in [7, 11) is 1.31. The van der Waals surface area contributed by atoms with Gasteiger partial charge in [-0.25, -0.2) is 9.59 Å². The van der Waals surface area contributed by atoms with E-state index in [0.29, 0.717) is 0 Å². The number of carbonyl (C=O) groups excluding carboxylic acids is 1. The normalized spacial score (nSPS) is 12.2. The fourth-order valence-electron chi connectivity index (χ4n) is 3.84. The van der Waals surface area contributed by atoms with E-state index in [2.05, 4.69) is 12.1 Å². The number of carboxylic acids is 1. The number of carboxylic acid groups (broad SMARTS) is 1. The van der Waals surface area contributed by atoms with Crippen molar-refractivity contribution in [3.8, 4) is 16.9 Å². The van der Waals surface area contributed by atoms with Crippen LogP contribution < -0.4 is 10.5 Å². The number of carbonyl (C=O) groups is 2. The van der Waals surface area contributed by atoms with Crippen molar-refractivity contribution in [2.45, 2.75) is 5.92 Å². The summed E-state index contributed by atoms with van der Waals surface area (Å²) in [5, 5.41) is 9.23. The molecule has 0 saturated heterocycles. The third-order valence-electron chi connectivity index (χ3n) is 5.19. The van der Waals surface area contributed by atoms with Crippen LogP contribution in [0.4, 0.5) is 5.69 Å². The lowest BCUT2D eigenvalue weighted by Gasteiger charge is -2.16. The first kappa shape index (κ1) is 18.6. The van der Waals surface area contributed by atoms with Crippen molar-refractivity contribution >= 4 is 17.6 Å². The lowest BCUT2D eigenvalue weighted by molar-refractivity contribution is 0.0493. The third kappa shape index (κ3) is 3.08. The Morgan fingerprint density at radius 3 is 2.03 bits per heavy atom. The van der Waals surface area contributed by atoms with E-state index >= 15 is 0 Å². The van der Waals surface area contributed by atoms with E-state index < -0.39 is 11.9 Å². The van der Waals surface area contributed by atoms with Crippen LogP contribution in [0.1, 0.15) is 37.8 Å². The maximum atomic E-state index is 12.7. The Bertz CT molecular complexity index is 1080. The largest absolute Gasteiger partial charge is 0.494 e. The molecule has 4 rings (SSSR count). The molecule has 6 nitrogen and oxygen atoms in total. The van der Waals surface area contributed by atoms with Gasteiger partial charge in [0.2, 0.25) is 0 Å². The Morgan fingerprint density at radius 2 is 1.48 bits per heavy atom. The van der Waals surface area contributed by atoms with E-state index in [-0.39, 0.29) is 35.1 Å². The van der Waals surface area contributed by atoms with Gasteiger partial charge in [-0.3, -0.25) is 0 Å². The van der Waals surface area contributed by atoms with Crippen LogP contribution in [0.3, 0.4) is 0 Å². The topological polar surface area (TPSA) is 98.8 Å². The quantitative estimate of drug-likeness (QED) is 0.506. The maximum Gasteiger partial charge on any atom is 0.340 e. The van der Waals surface area contributed by atoms with Gasteiger partial charge in [-0.1, -0.05) is 48.5 Å². The minimum Gasteiger partial charge on any atom is -0.494 e. The fraction of sp³-hybridized carbons (Fsp3) is 0.130. The van der Waals surface area contributed by atoms with Crippen molar-refractivity contribution in [2.75, 3.05) is 19.5 Å². The van der Waals surface area contributed by atoms with Crippen LogP contribution >= 0.6 is 0 Å². The van der Waals surface area contributed by atoms with Crippen molar-refractivity contribution in [1.29, 1.82) is 0 Å². The zero-order valence-electron chi connectivity index (χ0n) is 15.7. The van der Waals surface area contributed by atoms with E-state index in [9.17, 15) is 14.7 Å². The van der Waals surface area contributed by atoms with Crippen LogP contribution in [-0.2, 0) is 4.74 Å². The molecule has 0 saturated carbocycles. The van der Waals surface area contributed by atoms with Crippen molar-refractivity contribution in [3.05, 3.63) is 82.9 Å². The molecule has 0 aliphatic heterocycles. The molecule has 0 radical (unpaired) electrons. The lowest BCUT2D eigenvalue weighted by Crippen LogP contribution is -2.15. The molecule has 1 aliphatic rings. The number of rotatable bonds is 5. The Balaban J connectivity index is 1.61. The molecule has 146 valence electrons. The number of anilines is 1. The summed E-state index contributed by atoms with van der Waals surface area (Å²) in [4.78, 5) is 24.0. The smallest absolute Gasteiger partial charge is 0.340 e. The monoisotopic (exact) mass is 389 g/mol. The number of nitrogen functional groups attached to an aromatic ring is 1. The molecule has 3 aromatic carbocycles. The molecule has 3 aromatic rings. The SMILES string of the molecule is COc1c(C(=O)O)ccc(C(=O)OCC2c3ccccc3-c3ccccc32)c1N. The van der Waals surface area contributed by atoms with Gasteiger partial charge in [-0.15, -0.1) is 0 Å². The van der Waals surface area contributed by atoms with E-state index in [1.807, 2.05) is 36.4 Å². The predicted molar refractivity (Wildman–Crippen MR) is 108 cm³/mol. The molecule has 0 spiro atoms. The second kappa shape index (κ2) is 7.31. The molecule has 29 heavy (non-hydrogen) atoms. The summed E-state index contributed by atoms with van der Waals surface area (Å²) < 4.78 is 10.7. The molecule has 1 aliphatic carbocycles. The first-order valence-corrected chi connectivity index (χ1v) is 9.08. The highest BCUT2D eigenvalue weighted by Crippen LogP contribution is 2.44. The van der Waals surface area contributed by atoms with Gasteiger partial charge < -0.3 is 20.3 Å². The molecular weight excluding hydrogens is 370 g/mol. The predicted octanol–water partition coefficient (Wildman–Crippen LogP) is 3.94. The zero-order valence-corrected chi connectivity index (χ0v) is 15.7. The highest BCUT2D eigenvalue weighted by molar-refractivity contribution is 6.01. The first-order valence-electron chi connectivity index (χ1n) is 9.08. The summed E-state index contributed by atoms with van der Waals surface area (Å²) in [6.45, 7) is 0.148. The molecule has 0 aromatic heterocycles. The van der Waals surface area contributed by atoms with Crippen molar-refractivity contribution in [2.24, 2.45) is 0 Å². The molecule has 0 fully saturated rings. The van der Waals surface area contributed by atoms with Crippen molar-refractivity contribution in [3.63, 3.8) is 0 Å². The molecule has 0 heterocycles. The van der Waals surface area contributed by atoms with Gasteiger partial charge >= 0.3 is 11.9 Å². The summed E-state index contributed by atoms with van der Waals surface area (Å²) in [5.74, 6) is -1.94. The summed E-state index contributed by atoms with van der Waals surface area (Å²) >= 11 is 0. The van der Waals surface area contributed by atoms with E-state index in [1.165, 1.54) is 19.2 Å². The highest BCUT2D eigenvalue weighted by Gasteiger charge is 2.29. The molecule has 6 heteroatoms. The van der Waals surface area contributed by atoms with Crippen LogP contribution in [-0.4, -0.2) is 30.8 Å². The molecule has 0 atom stereocenters. The zero-order chi connectivity index (χ0) is 20.5. The van der Waals surface area contributed by atoms with Crippen molar-refractivity contribution in [1.82, 2.24) is 0 Å². The summed E-state index contributed by atoms with van der Waals surface area (Å²) in [6, 6.07) is 18.7. The number of hydrogen-bond donors (Lipinski definition) is 2. The molecule has 0 amide bonds. The van der Waals surface area contributed by atoms with Gasteiger partial charge in [-0.05, 0) is 34.4 Å². The number of fused-ring (bicyclic) bond motifs is 3. The average molecular weight is 389 g/mol.